The summed E-state index contributed by atoms with van der Waals surface area (Å²) in [6.45, 7) is -0.0376. The van der Waals surface area contributed by atoms with Crippen LogP contribution in [0.15, 0.2) is 42.5 Å². The molecule has 0 aliphatic rings. The summed E-state index contributed by atoms with van der Waals surface area (Å²) in [5.41, 5.74) is 1.52. The first-order valence-electron chi connectivity index (χ1n) is 6.79. The summed E-state index contributed by atoms with van der Waals surface area (Å²) in [6.07, 6.45) is 1.43. The summed E-state index contributed by atoms with van der Waals surface area (Å²) < 4.78 is 27.6. The molecule has 23 heavy (non-hydrogen) atoms. The van der Waals surface area contributed by atoms with Crippen LogP contribution in [0.1, 0.15) is 17.0 Å². The molecule has 0 unspecified atom stereocenters. The van der Waals surface area contributed by atoms with E-state index in [0.29, 0.717) is 21.5 Å². The van der Waals surface area contributed by atoms with Gasteiger partial charge in [0.25, 0.3) is 10.1 Å². The standard InChI is InChI=1S/C16H15Cl3O3S/c1-23(20,21)22-10-11(12-5-2-3-6-14(12)17)9-13-15(18)7-4-8-16(13)19/h2-8,11H,9-10H2,1H3/t11-/m0/s1. The molecule has 0 fully saturated rings. The molecule has 0 radical (unpaired) electrons. The largest absolute Gasteiger partial charge is 0.270 e. The molecular formula is C16H15Cl3O3S. The Labute approximate surface area is 151 Å². The molecule has 0 aliphatic carbocycles. The average Bonchev–Trinajstić information content (AvgIpc) is 2.46. The summed E-state index contributed by atoms with van der Waals surface area (Å²) in [5, 5.41) is 1.58. The van der Waals surface area contributed by atoms with Gasteiger partial charge in [-0.2, -0.15) is 8.42 Å². The number of hydrogen-bond donors (Lipinski definition) is 0. The number of benzene rings is 2. The molecule has 0 N–H and O–H groups in total. The highest BCUT2D eigenvalue weighted by Crippen LogP contribution is 2.33. The Kier molecular flexibility index (Phi) is 6.34. The van der Waals surface area contributed by atoms with E-state index < -0.39 is 10.1 Å². The van der Waals surface area contributed by atoms with Crippen LogP contribution in [0, 0.1) is 0 Å². The highest BCUT2D eigenvalue weighted by Gasteiger charge is 2.20. The molecule has 0 spiro atoms. The molecule has 2 rings (SSSR count). The maximum atomic E-state index is 11.3. The zero-order chi connectivity index (χ0) is 17.0. The Morgan fingerprint density at radius 1 is 0.957 bits per heavy atom. The molecule has 3 nitrogen and oxygen atoms in total. The maximum absolute atomic E-state index is 11.3. The molecule has 1 atom stereocenters. The highest BCUT2D eigenvalue weighted by atomic mass is 35.5. The summed E-state index contributed by atoms with van der Waals surface area (Å²) in [7, 11) is -3.56. The van der Waals surface area contributed by atoms with Crippen molar-refractivity contribution in [3.8, 4) is 0 Å². The predicted molar refractivity (Wildman–Crippen MR) is 95.2 cm³/mol. The maximum Gasteiger partial charge on any atom is 0.264 e. The fraction of sp³-hybridized carbons (Fsp3) is 0.250. The van der Waals surface area contributed by atoms with Crippen LogP contribution in [0.5, 0.6) is 0 Å². The van der Waals surface area contributed by atoms with Gasteiger partial charge in [0.1, 0.15) is 0 Å². The third-order valence-electron chi connectivity index (χ3n) is 3.34. The highest BCUT2D eigenvalue weighted by molar-refractivity contribution is 7.85. The summed E-state index contributed by atoms with van der Waals surface area (Å²) >= 11 is 18.7. The molecule has 0 heterocycles. The summed E-state index contributed by atoms with van der Waals surface area (Å²) in [4.78, 5) is 0. The van der Waals surface area contributed by atoms with Gasteiger partial charge in [0.2, 0.25) is 0 Å². The minimum absolute atomic E-state index is 0.0376. The van der Waals surface area contributed by atoms with Crippen molar-refractivity contribution in [2.45, 2.75) is 12.3 Å². The van der Waals surface area contributed by atoms with E-state index in [0.717, 1.165) is 17.4 Å². The van der Waals surface area contributed by atoms with Crippen LogP contribution >= 0.6 is 34.8 Å². The predicted octanol–water partition coefficient (Wildman–Crippen LogP) is 4.95. The van der Waals surface area contributed by atoms with Gasteiger partial charge in [0, 0.05) is 21.0 Å². The van der Waals surface area contributed by atoms with Crippen LogP contribution in [0.2, 0.25) is 15.1 Å². The molecule has 2 aromatic carbocycles. The molecule has 0 amide bonds. The van der Waals surface area contributed by atoms with Gasteiger partial charge in [0.15, 0.2) is 0 Å². The van der Waals surface area contributed by atoms with E-state index in [-0.39, 0.29) is 12.5 Å². The molecule has 7 heteroatoms. The minimum atomic E-state index is -3.56. The molecule has 0 saturated heterocycles. The van der Waals surface area contributed by atoms with Gasteiger partial charge >= 0.3 is 0 Å². The van der Waals surface area contributed by atoms with Crippen molar-refractivity contribution in [2.75, 3.05) is 12.9 Å². The van der Waals surface area contributed by atoms with Crippen LogP contribution < -0.4 is 0 Å². The van der Waals surface area contributed by atoms with Crippen LogP contribution in [-0.2, 0) is 20.7 Å². The molecule has 0 aliphatic heterocycles. The minimum Gasteiger partial charge on any atom is -0.270 e. The van der Waals surface area contributed by atoms with Crippen LogP contribution in [-0.4, -0.2) is 21.3 Å². The number of halogens is 3. The topological polar surface area (TPSA) is 43.4 Å². The quantitative estimate of drug-likeness (QED) is 0.652. The second-order valence-corrected chi connectivity index (χ2v) is 7.98. The van der Waals surface area contributed by atoms with Crippen LogP contribution in [0.25, 0.3) is 0 Å². The smallest absolute Gasteiger partial charge is 0.264 e. The zero-order valence-corrected chi connectivity index (χ0v) is 15.4. The van der Waals surface area contributed by atoms with Crippen LogP contribution in [0.4, 0.5) is 0 Å². The lowest BCUT2D eigenvalue weighted by Crippen LogP contribution is -2.15. The zero-order valence-electron chi connectivity index (χ0n) is 12.3. The van der Waals surface area contributed by atoms with Crippen molar-refractivity contribution in [3.05, 3.63) is 68.7 Å². The van der Waals surface area contributed by atoms with E-state index in [1.165, 1.54) is 0 Å². The number of rotatable bonds is 6. The van der Waals surface area contributed by atoms with E-state index >= 15 is 0 Å². The van der Waals surface area contributed by atoms with Gasteiger partial charge in [-0.15, -0.1) is 0 Å². The van der Waals surface area contributed by atoms with Gasteiger partial charge < -0.3 is 0 Å². The van der Waals surface area contributed by atoms with Crippen molar-refractivity contribution in [1.82, 2.24) is 0 Å². The van der Waals surface area contributed by atoms with E-state index in [1.807, 2.05) is 18.2 Å². The first-order chi connectivity index (χ1) is 10.8. The fourth-order valence-corrected chi connectivity index (χ4v) is 3.50. The molecule has 124 valence electrons. The third-order valence-corrected chi connectivity index (χ3v) is 4.96. The Morgan fingerprint density at radius 2 is 1.52 bits per heavy atom. The van der Waals surface area contributed by atoms with Crippen LogP contribution in [0.3, 0.4) is 0 Å². The van der Waals surface area contributed by atoms with E-state index in [2.05, 4.69) is 0 Å². The third kappa shape index (κ3) is 5.37. The Hall–Kier alpha value is -0.780. The fourth-order valence-electron chi connectivity index (χ4n) is 2.24. The second kappa shape index (κ2) is 7.86. The van der Waals surface area contributed by atoms with Crippen molar-refractivity contribution >= 4 is 44.9 Å². The van der Waals surface area contributed by atoms with Gasteiger partial charge in [0.05, 0.1) is 12.9 Å². The van der Waals surface area contributed by atoms with E-state index in [1.54, 1.807) is 24.3 Å². The van der Waals surface area contributed by atoms with Crippen molar-refractivity contribution in [3.63, 3.8) is 0 Å². The molecule has 0 saturated carbocycles. The Bertz CT molecular complexity index is 771. The molecule has 0 bridgehead atoms. The van der Waals surface area contributed by atoms with Gasteiger partial charge in [-0.1, -0.05) is 59.1 Å². The lowest BCUT2D eigenvalue weighted by atomic mass is 9.92. The van der Waals surface area contributed by atoms with Gasteiger partial charge in [-0.3, -0.25) is 4.18 Å². The normalized spacial score (nSPS) is 13.0. The molecule has 0 aromatic heterocycles. The first kappa shape index (κ1) is 18.6. The van der Waals surface area contributed by atoms with Crippen molar-refractivity contribution in [2.24, 2.45) is 0 Å². The Morgan fingerprint density at radius 3 is 2.09 bits per heavy atom. The first-order valence-corrected chi connectivity index (χ1v) is 9.74. The molecular weight excluding hydrogens is 379 g/mol. The Balaban J connectivity index is 2.36. The van der Waals surface area contributed by atoms with Crippen molar-refractivity contribution in [1.29, 1.82) is 0 Å². The monoisotopic (exact) mass is 392 g/mol. The SMILES string of the molecule is CS(=O)(=O)OC[C@H](Cc1c(Cl)cccc1Cl)c1ccccc1Cl. The molecule has 2 aromatic rings. The van der Waals surface area contributed by atoms with Gasteiger partial charge in [-0.05, 0) is 35.7 Å². The summed E-state index contributed by atoms with van der Waals surface area (Å²) in [5.74, 6) is -0.296. The lowest BCUT2D eigenvalue weighted by Gasteiger charge is -2.19. The van der Waals surface area contributed by atoms with Crippen molar-refractivity contribution < 1.29 is 12.6 Å². The lowest BCUT2D eigenvalue weighted by molar-refractivity contribution is 0.293. The number of hydrogen-bond acceptors (Lipinski definition) is 3. The second-order valence-electron chi connectivity index (χ2n) is 5.11. The van der Waals surface area contributed by atoms with Gasteiger partial charge in [-0.25, -0.2) is 0 Å². The van der Waals surface area contributed by atoms with E-state index in [4.69, 9.17) is 39.0 Å². The average molecular weight is 394 g/mol. The van der Waals surface area contributed by atoms with E-state index in [9.17, 15) is 8.42 Å². The summed E-state index contributed by atoms with van der Waals surface area (Å²) in [6, 6.07) is 12.5.